The van der Waals surface area contributed by atoms with Crippen molar-refractivity contribution < 1.29 is 14.3 Å². The van der Waals surface area contributed by atoms with Crippen molar-refractivity contribution in [2.24, 2.45) is 0 Å². The molecule has 1 aliphatic rings. The third-order valence-corrected chi connectivity index (χ3v) is 4.72. The number of pyridine rings is 1. The van der Waals surface area contributed by atoms with Crippen molar-refractivity contribution in [2.75, 3.05) is 6.61 Å². The van der Waals surface area contributed by atoms with Gasteiger partial charge in [-0.15, -0.1) is 11.6 Å². The Labute approximate surface area is 148 Å². The van der Waals surface area contributed by atoms with Crippen molar-refractivity contribution in [1.82, 2.24) is 4.98 Å². The molecule has 0 spiro atoms. The number of fused-ring (bicyclic) bond motifs is 3. The van der Waals surface area contributed by atoms with Gasteiger partial charge in [0.25, 0.3) is 0 Å². The summed E-state index contributed by atoms with van der Waals surface area (Å²) >= 11 is 9.81. The number of aromatic nitrogens is 1. The third-order valence-electron chi connectivity index (χ3n) is 3.97. The second-order valence-electron chi connectivity index (χ2n) is 5.72. The van der Waals surface area contributed by atoms with Crippen LogP contribution in [0.1, 0.15) is 35.5 Å². The van der Waals surface area contributed by atoms with Crippen molar-refractivity contribution in [3.63, 3.8) is 0 Å². The van der Waals surface area contributed by atoms with Crippen LogP contribution in [0.5, 0.6) is 5.75 Å². The van der Waals surface area contributed by atoms with Gasteiger partial charge in [-0.2, -0.15) is 0 Å². The van der Waals surface area contributed by atoms with Gasteiger partial charge in [-0.3, -0.25) is 4.98 Å². The number of nitrogens with zero attached hydrogens (tertiary/aromatic N) is 1. The molecule has 1 aromatic carbocycles. The fourth-order valence-electron chi connectivity index (χ4n) is 2.76. The minimum Gasteiger partial charge on any atom is -0.486 e. The zero-order valence-corrected chi connectivity index (χ0v) is 15.5. The first-order valence-electron chi connectivity index (χ1n) is 7.46. The van der Waals surface area contributed by atoms with E-state index in [4.69, 9.17) is 21.1 Å². The van der Waals surface area contributed by atoms with Crippen molar-refractivity contribution in [3.05, 3.63) is 35.0 Å². The molecule has 0 radical (unpaired) electrons. The number of rotatable bonds is 3. The number of carbonyl (C=O) groups excluding carboxylic acids is 1. The maximum atomic E-state index is 12.0. The predicted octanol–water partition coefficient (Wildman–Crippen LogP) is 4.37. The quantitative estimate of drug-likeness (QED) is 0.569. The summed E-state index contributed by atoms with van der Waals surface area (Å²) in [4.78, 5) is 16.6. The molecule has 2 heterocycles. The Balaban J connectivity index is 2.11. The molecule has 0 fully saturated rings. The maximum Gasteiger partial charge on any atom is 0.338 e. The zero-order valence-electron chi connectivity index (χ0n) is 13.2. The molecule has 2 unspecified atom stereocenters. The van der Waals surface area contributed by atoms with Crippen molar-refractivity contribution in [2.45, 2.75) is 37.1 Å². The molecule has 0 saturated heterocycles. The van der Waals surface area contributed by atoms with Gasteiger partial charge in [0.2, 0.25) is 0 Å². The molecule has 23 heavy (non-hydrogen) atoms. The number of benzene rings is 1. The van der Waals surface area contributed by atoms with Gasteiger partial charge in [0.15, 0.2) is 0 Å². The maximum absolute atomic E-state index is 12.0. The van der Waals surface area contributed by atoms with E-state index in [1.54, 1.807) is 19.1 Å². The molecule has 0 saturated carbocycles. The van der Waals surface area contributed by atoms with Gasteiger partial charge in [-0.05, 0) is 39.0 Å². The molecule has 0 bridgehead atoms. The molecule has 4 nitrogen and oxygen atoms in total. The van der Waals surface area contributed by atoms with Gasteiger partial charge in [0, 0.05) is 23.1 Å². The summed E-state index contributed by atoms with van der Waals surface area (Å²) in [6.07, 6.45) is 0.482. The third kappa shape index (κ3) is 3.04. The largest absolute Gasteiger partial charge is 0.486 e. The van der Waals surface area contributed by atoms with Crippen LogP contribution in [-0.4, -0.2) is 27.4 Å². The smallest absolute Gasteiger partial charge is 0.338 e. The second kappa shape index (κ2) is 5.95. The van der Waals surface area contributed by atoms with Crippen LogP contribution in [0.2, 0.25) is 0 Å². The summed E-state index contributed by atoms with van der Waals surface area (Å²) in [5.74, 6) is 0.413. The lowest BCUT2D eigenvalue weighted by Gasteiger charge is -2.21. The van der Waals surface area contributed by atoms with Gasteiger partial charge in [0.1, 0.15) is 15.6 Å². The highest BCUT2D eigenvalue weighted by Gasteiger charge is 2.38. The van der Waals surface area contributed by atoms with Crippen LogP contribution in [0.15, 0.2) is 18.2 Å². The number of aryl methyl sites for hydroxylation is 1. The van der Waals surface area contributed by atoms with Crippen molar-refractivity contribution in [3.8, 4) is 5.75 Å². The highest BCUT2D eigenvalue weighted by molar-refractivity contribution is 9.10. The van der Waals surface area contributed by atoms with E-state index < -0.39 is 3.78 Å². The first-order chi connectivity index (χ1) is 10.8. The Morgan fingerprint density at radius 1 is 1.57 bits per heavy atom. The summed E-state index contributed by atoms with van der Waals surface area (Å²) < 4.78 is 10.5. The van der Waals surface area contributed by atoms with E-state index in [9.17, 15) is 4.79 Å². The van der Waals surface area contributed by atoms with Crippen LogP contribution >= 0.6 is 27.5 Å². The molecular weight excluding hydrogens is 382 g/mol. The number of esters is 1. The minimum atomic E-state index is -0.663. The van der Waals surface area contributed by atoms with Crippen LogP contribution in [0.4, 0.5) is 0 Å². The van der Waals surface area contributed by atoms with E-state index in [1.807, 2.05) is 19.9 Å². The minimum absolute atomic E-state index is 0.198. The summed E-state index contributed by atoms with van der Waals surface area (Å²) in [7, 11) is 0. The first kappa shape index (κ1) is 16.5. The summed E-state index contributed by atoms with van der Waals surface area (Å²) in [6.45, 7) is 5.95. The number of ether oxygens (including phenoxy) is 2. The summed E-state index contributed by atoms with van der Waals surface area (Å²) in [5, 5.41) is 0.812. The fourth-order valence-corrected chi connectivity index (χ4v) is 3.14. The number of hydrogen-bond acceptors (Lipinski definition) is 4. The van der Waals surface area contributed by atoms with E-state index in [0.29, 0.717) is 18.6 Å². The van der Waals surface area contributed by atoms with E-state index in [-0.39, 0.29) is 12.1 Å². The molecule has 0 amide bonds. The first-order valence-corrected chi connectivity index (χ1v) is 8.63. The Morgan fingerprint density at radius 2 is 2.30 bits per heavy atom. The van der Waals surface area contributed by atoms with E-state index >= 15 is 0 Å². The van der Waals surface area contributed by atoms with E-state index in [1.165, 1.54) is 0 Å². The Morgan fingerprint density at radius 3 is 2.96 bits per heavy atom. The number of alkyl halides is 2. The number of halogens is 2. The van der Waals surface area contributed by atoms with Crippen molar-refractivity contribution in [1.29, 1.82) is 0 Å². The summed E-state index contributed by atoms with van der Waals surface area (Å²) in [6, 6.07) is 5.32. The lowest BCUT2D eigenvalue weighted by Crippen LogP contribution is -2.31. The second-order valence-corrected chi connectivity index (χ2v) is 8.61. The Kier molecular flexibility index (Phi) is 4.27. The number of carbonyl (C=O) groups is 1. The van der Waals surface area contributed by atoms with Gasteiger partial charge >= 0.3 is 5.97 Å². The standard InChI is InChI=1S/C17H17BrClNO3/c1-4-22-16(21)10-5-6-13-12(7-10)15-11(9(2)20-13)8-14(23-15)17(3,18)19/h5-7,14H,4,8H2,1-3H3. The summed E-state index contributed by atoms with van der Waals surface area (Å²) in [5.41, 5.74) is 3.25. The molecule has 2 aromatic rings. The van der Waals surface area contributed by atoms with Crippen LogP contribution in [-0.2, 0) is 11.2 Å². The Bertz CT molecular complexity index is 785. The molecule has 122 valence electrons. The van der Waals surface area contributed by atoms with Gasteiger partial charge < -0.3 is 9.47 Å². The molecule has 0 aliphatic carbocycles. The lowest BCUT2D eigenvalue weighted by molar-refractivity contribution is 0.0526. The average molecular weight is 399 g/mol. The molecule has 6 heteroatoms. The molecule has 2 atom stereocenters. The highest BCUT2D eigenvalue weighted by atomic mass is 79.9. The van der Waals surface area contributed by atoms with Crippen LogP contribution in [0.3, 0.4) is 0 Å². The van der Waals surface area contributed by atoms with Crippen molar-refractivity contribution >= 4 is 44.4 Å². The Hall–Kier alpha value is -1.33. The van der Waals surface area contributed by atoms with Crippen LogP contribution < -0.4 is 4.74 Å². The molecule has 3 rings (SSSR count). The SMILES string of the molecule is CCOC(=O)c1ccc2nc(C)c3c(c2c1)OC(C(C)(Cl)Br)C3. The fraction of sp³-hybridized carbons (Fsp3) is 0.412. The van der Waals surface area contributed by atoms with Crippen LogP contribution in [0.25, 0.3) is 10.9 Å². The molecule has 1 aliphatic heterocycles. The zero-order chi connectivity index (χ0) is 16.8. The van der Waals surface area contributed by atoms with Gasteiger partial charge in [-0.25, -0.2) is 4.79 Å². The van der Waals surface area contributed by atoms with Gasteiger partial charge in [0.05, 0.1) is 17.7 Å². The topological polar surface area (TPSA) is 48.4 Å². The van der Waals surface area contributed by atoms with Crippen LogP contribution in [0, 0.1) is 6.92 Å². The van der Waals surface area contributed by atoms with E-state index in [0.717, 1.165) is 27.9 Å². The average Bonchev–Trinajstić information content (AvgIpc) is 2.93. The lowest BCUT2D eigenvalue weighted by atomic mass is 10.0. The molecular formula is C17H17BrClNO3. The monoisotopic (exact) mass is 397 g/mol. The highest BCUT2D eigenvalue weighted by Crippen LogP contribution is 2.43. The van der Waals surface area contributed by atoms with Gasteiger partial charge in [-0.1, -0.05) is 15.9 Å². The molecule has 1 aromatic heterocycles. The normalized spacial score (nSPS) is 19.1. The molecule has 0 N–H and O–H groups in total. The number of hydrogen-bond donors (Lipinski definition) is 0. The van der Waals surface area contributed by atoms with E-state index in [2.05, 4.69) is 20.9 Å². The predicted molar refractivity (Wildman–Crippen MR) is 93.7 cm³/mol.